The Balaban J connectivity index is 2.79. The van der Waals surface area contributed by atoms with E-state index < -0.39 is 0 Å². The predicted molar refractivity (Wildman–Crippen MR) is 53.0 cm³/mol. The van der Waals surface area contributed by atoms with Gasteiger partial charge in [0.2, 0.25) is 0 Å². The summed E-state index contributed by atoms with van der Waals surface area (Å²) in [6, 6.07) is 8.00. The third-order valence-corrected chi connectivity index (χ3v) is 2.08. The summed E-state index contributed by atoms with van der Waals surface area (Å²) in [5, 5.41) is 2.24. The van der Waals surface area contributed by atoms with E-state index in [1.165, 1.54) is 0 Å². The molecule has 0 fully saturated rings. The lowest BCUT2D eigenvalue weighted by Gasteiger charge is -2.04. The summed E-state index contributed by atoms with van der Waals surface area (Å²) in [7, 11) is 1.69. The lowest BCUT2D eigenvalue weighted by Crippen LogP contribution is -1.86. The quantitative estimate of drug-likeness (QED) is 0.661. The van der Waals surface area contributed by atoms with Gasteiger partial charge in [0.05, 0.1) is 7.11 Å². The summed E-state index contributed by atoms with van der Waals surface area (Å²) in [6.07, 6.45) is 1.87. The largest absolute Gasteiger partial charge is 0.496 e. The maximum Gasteiger partial charge on any atom is 0.126 e. The molecule has 1 aromatic heterocycles. The molecule has 0 aliphatic heterocycles. The fourth-order valence-electron chi connectivity index (χ4n) is 1.42. The molecule has 0 aliphatic rings. The van der Waals surface area contributed by atoms with Crippen LogP contribution in [-0.2, 0) is 0 Å². The molecule has 0 aliphatic carbocycles. The molecule has 2 rings (SSSR count). The number of pyridine rings is 1. The zero-order valence-electron chi connectivity index (χ0n) is 7.74. The van der Waals surface area contributed by atoms with Gasteiger partial charge in [0.15, 0.2) is 0 Å². The molecule has 0 bridgehead atoms. The van der Waals surface area contributed by atoms with Crippen LogP contribution in [-0.4, -0.2) is 12.1 Å². The van der Waals surface area contributed by atoms with Gasteiger partial charge in [0.25, 0.3) is 0 Å². The lowest BCUT2D eigenvalue weighted by atomic mass is 10.1. The third kappa shape index (κ3) is 1.35. The molecule has 13 heavy (non-hydrogen) atoms. The first-order chi connectivity index (χ1) is 6.31. The van der Waals surface area contributed by atoms with Crippen LogP contribution in [0.25, 0.3) is 10.8 Å². The highest BCUT2D eigenvalue weighted by Crippen LogP contribution is 2.24. The van der Waals surface area contributed by atoms with E-state index in [1.54, 1.807) is 7.11 Å². The minimum Gasteiger partial charge on any atom is -0.496 e. The van der Waals surface area contributed by atoms with Crippen LogP contribution in [0.1, 0.15) is 5.69 Å². The SMILES string of the molecule is COc1cccc2cnc(C)cc12. The van der Waals surface area contributed by atoms with Crippen molar-refractivity contribution in [1.82, 2.24) is 4.98 Å². The van der Waals surface area contributed by atoms with Crippen LogP contribution in [0.2, 0.25) is 0 Å². The van der Waals surface area contributed by atoms with Gasteiger partial charge in [-0.1, -0.05) is 12.1 Å². The van der Waals surface area contributed by atoms with E-state index in [-0.39, 0.29) is 0 Å². The number of methoxy groups -OCH3 is 1. The van der Waals surface area contributed by atoms with Crippen LogP contribution in [0.4, 0.5) is 0 Å². The summed E-state index contributed by atoms with van der Waals surface area (Å²) in [5.74, 6) is 0.906. The minimum absolute atomic E-state index is 0.906. The molecule has 0 saturated carbocycles. The first-order valence-electron chi connectivity index (χ1n) is 4.20. The number of ether oxygens (including phenoxy) is 1. The fourth-order valence-corrected chi connectivity index (χ4v) is 1.42. The number of benzene rings is 1. The van der Waals surface area contributed by atoms with Crippen molar-refractivity contribution in [2.45, 2.75) is 6.92 Å². The van der Waals surface area contributed by atoms with E-state index in [1.807, 2.05) is 37.4 Å². The first-order valence-corrected chi connectivity index (χ1v) is 4.20. The monoisotopic (exact) mass is 173 g/mol. The van der Waals surface area contributed by atoms with Crippen molar-refractivity contribution in [2.75, 3.05) is 7.11 Å². The van der Waals surface area contributed by atoms with Gasteiger partial charge in [0, 0.05) is 22.7 Å². The fraction of sp³-hybridized carbons (Fsp3) is 0.182. The van der Waals surface area contributed by atoms with Crippen LogP contribution in [0.5, 0.6) is 5.75 Å². The number of aryl methyl sites for hydroxylation is 1. The van der Waals surface area contributed by atoms with Gasteiger partial charge >= 0.3 is 0 Å². The zero-order chi connectivity index (χ0) is 9.26. The van der Waals surface area contributed by atoms with Gasteiger partial charge in [-0.25, -0.2) is 0 Å². The molecular formula is C11H11NO. The van der Waals surface area contributed by atoms with Crippen LogP contribution in [0, 0.1) is 6.92 Å². The van der Waals surface area contributed by atoms with Gasteiger partial charge in [-0.05, 0) is 19.1 Å². The second-order valence-corrected chi connectivity index (χ2v) is 3.01. The lowest BCUT2D eigenvalue weighted by molar-refractivity contribution is 0.420. The molecule has 0 saturated heterocycles. The van der Waals surface area contributed by atoms with E-state index in [4.69, 9.17) is 4.74 Å². The van der Waals surface area contributed by atoms with Gasteiger partial charge in [-0.3, -0.25) is 4.98 Å². The Labute approximate surface area is 77.2 Å². The summed E-state index contributed by atoms with van der Waals surface area (Å²) < 4.78 is 5.25. The van der Waals surface area contributed by atoms with E-state index in [0.717, 1.165) is 22.2 Å². The van der Waals surface area contributed by atoms with Crippen molar-refractivity contribution in [3.05, 3.63) is 36.2 Å². The molecule has 0 unspecified atom stereocenters. The summed E-state index contributed by atoms with van der Waals surface area (Å²) in [6.45, 7) is 1.98. The average molecular weight is 173 g/mol. The third-order valence-electron chi connectivity index (χ3n) is 2.08. The highest BCUT2D eigenvalue weighted by Gasteiger charge is 2.00. The Hall–Kier alpha value is -1.57. The van der Waals surface area contributed by atoms with E-state index >= 15 is 0 Å². The molecule has 1 aromatic carbocycles. The molecule has 0 radical (unpaired) electrons. The maximum absolute atomic E-state index is 5.25. The summed E-state index contributed by atoms with van der Waals surface area (Å²) in [5.41, 5.74) is 1.01. The smallest absolute Gasteiger partial charge is 0.126 e. The number of nitrogens with zero attached hydrogens (tertiary/aromatic N) is 1. The second kappa shape index (κ2) is 3.05. The Morgan fingerprint density at radius 3 is 2.92 bits per heavy atom. The average Bonchev–Trinajstić information content (AvgIpc) is 2.17. The molecule has 0 amide bonds. The molecule has 0 spiro atoms. The Bertz CT molecular complexity index is 437. The van der Waals surface area contributed by atoms with Gasteiger partial charge in [0.1, 0.15) is 5.75 Å². The van der Waals surface area contributed by atoms with Crippen LogP contribution in [0.15, 0.2) is 30.5 Å². The highest BCUT2D eigenvalue weighted by molar-refractivity contribution is 5.87. The molecule has 0 atom stereocenters. The molecule has 2 heteroatoms. The molecule has 2 aromatic rings. The Morgan fingerprint density at radius 2 is 2.15 bits per heavy atom. The molecule has 66 valence electrons. The normalized spacial score (nSPS) is 10.3. The van der Waals surface area contributed by atoms with Gasteiger partial charge in [-0.15, -0.1) is 0 Å². The number of fused-ring (bicyclic) bond motifs is 1. The van der Waals surface area contributed by atoms with Crippen LogP contribution in [0.3, 0.4) is 0 Å². The predicted octanol–water partition coefficient (Wildman–Crippen LogP) is 2.55. The Kier molecular flexibility index (Phi) is 1.89. The van der Waals surface area contributed by atoms with Crippen molar-refractivity contribution in [3.8, 4) is 5.75 Å². The van der Waals surface area contributed by atoms with Crippen molar-refractivity contribution in [2.24, 2.45) is 0 Å². The molecule has 2 nitrogen and oxygen atoms in total. The standard InChI is InChI=1S/C11H11NO/c1-8-6-10-9(7-12-8)4-3-5-11(10)13-2/h3-7H,1-2H3. The maximum atomic E-state index is 5.25. The number of hydrogen-bond acceptors (Lipinski definition) is 2. The zero-order valence-corrected chi connectivity index (χ0v) is 7.74. The summed E-state index contributed by atoms with van der Waals surface area (Å²) >= 11 is 0. The van der Waals surface area contributed by atoms with Crippen molar-refractivity contribution >= 4 is 10.8 Å². The van der Waals surface area contributed by atoms with Crippen molar-refractivity contribution in [3.63, 3.8) is 0 Å². The van der Waals surface area contributed by atoms with E-state index in [0.29, 0.717) is 0 Å². The van der Waals surface area contributed by atoms with Crippen LogP contribution >= 0.6 is 0 Å². The molecular weight excluding hydrogens is 162 g/mol. The number of aromatic nitrogens is 1. The second-order valence-electron chi connectivity index (χ2n) is 3.01. The van der Waals surface area contributed by atoms with Gasteiger partial charge < -0.3 is 4.74 Å². The van der Waals surface area contributed by atoms with Crippen LogP contribution < -0.4 is 4.74 Å². The number of hydrogen-bond donors (Lipinski definition) is 0. The van der Waals surface area contributed by atoms with E-state index in [9.17, 15) is 0 Å². The topological polar surface area (TPSA) is 22.1 Å². The highest BCUT2D eigenvalue weighted by atomic mass is 16.5. The minimum atomic E-state index is 0.906. The molecule has 1 heterocycles. The Morgan fingerprint density at radius 1 is 1.31 bits per heavy atom. The summed E-state index contributed by atoms with van der Waals surface area (Å²) in [4.78, 5) is 4.23. The van der Waals surface area contributed by atoms with Gasteiger partial charge in [-0.2, -0.15) is 0 Å². The van der Waals surface area contributed by atoms with E-state index in [2.05, 4.69) is 4.98 Å². The number of rotatable bonds is 1. The van der Waals surface area contributed by atoms with Crippen molar-refractivity contribution < 1.29 is 4.74 Å². The first kappa shape index (κ1) is 8.05. The van der Waals surface area contributed by atoms with Crippen molar-refractivity contribution in [1.29, 1.82) is 0 Å². The molecule has 0 N–H and O–H groups in total.